The molecule has 1 saturated heterocycles. The Hall–Kier alpha value is -3.64. The van der Waals surface area contributed by atoms with Crippen LogP contribution < -0.4 is 4.90 Å². The summed E-state index contributed by atoms with van der Waals surface area (Å²) in [6.07, 6.45) is 3.87. The zero-order valence-electron chi connectivity index (χ0n) is 17.5. The van der Waals surface area contributed by atoms with Crippen molar-refractivity contribution in [2.45, 2.75) is 23.5 Å². The highest BCUT2D eigenvalue weighted by Gasteiger charge is 2.40. The molecule has 2 amide bonds. The molecule has 1 unspecified atom stereocenters. The summed E-state index contributed by atoms with van der Waals surface area (Å²) in [5, 5.41) is 0.618. The van der Waals surface area contributed by atoms with Gasteiger partial charge in [0, 0.05) is 29.2 Å². The standard InChI is InChI=1S/C26H21N3O2S/c1-17-2-4-18(5-3-17)16-28-20-7-10-22(11-8-20)32-24-15-25(30)29(26(24)31)21-9-6-19-12-13-27-23(19)14-21/h2-14,16,24,27H,15H2,1H3. The van der Waals surface area contributed by atoms with Gasteiger partial charge >= 0.3 is 0 Å². The molecular formula is C26H21N3O2S. The average Bonchev–Trinajstić information content (AvgIpc) is 3.37. The number of hydrogen-bond acceptors (Lipinski definition) is 4. The number of aromatic nitrogens is 1. The van der Waals surface area contributed by atoms with E-state index >= 15 is 0 Å². The highest BCUT2D eigenvalue weighted by atomic mass is 32.2. The Morgan fingerprint density at radius 2 is 1.78 bits per heavy atom. The molecule has 0 spiro atoms. The maximum Gasteiger partial charge on any atom is 0.247 e. The summed E-state index contributed by atoms with van der Waals surface area (Å²) >= 11 is 1.42. The Morgan fingerprint density at radius 3 is 2.56 bits per heavy atom. The van der Waals surface area contributed by atoms with Crippen molar-refractivity contribution < 1.29 is 9.59 Å². The molecule has 1 N–H and O–H groups in total. The quantitative estimate of drug-likeness (QED) is 0.323. The van der Waals surface area contributed by atoms with Crippen LogP contribution in [0.2, 0.25) is 0 Å². The first-order valence-corrected chi connectivity index (χ1v) is 11.3. The van der Waals surface area contributed by atoms with Crippen LogP contribution in [-0.4, -0.2) is 28.3 Å². The number of aryl methyl sites for hydroxylation is 1. The molecule has 4 aromatic rings. The lowest BCUT2D eigenvalue weighted by Gasteiger charge is -2.15. The highest BCUT2D eigenvalue weighted by Crippen LogP contribution is 2.35. The van der Waals surface area contributed by atoms with Crippen molar-refractivity contribution in [3.8, 4) is 0 Å². The predicted molar refractivity (Wildman–Crippen MR) is 130 cm³/mol. The molecule has 1 aliphatic heterocycles. The molecule has 1 atom stereocenters. The average molecular weight is 440 g/mol. The van der Waals surface area contributed by atoms with Crippen molar-refractivity contribution in [1.29, 1.82) is 0 Å². The SMILES string of the molecule is Cc1ccc(C=Nc2ccc(SC3CC(=O)N(c4ccc5cc[nH]c5c4)C3=O)cc2)cc1. The first-order chi connectivity index (χ1) is 15.6. The van der Waals surface area contributed by atoms with Crippen LogP contribution in [0.25, 0.3) is 10.9 Å². The number of anilines is 1. The van der Waals surface area contributed by atoms with Crippen molar-refractivity contribution in [3.05, 3.63) is 90.1 Å². The van der Waals surface area contributed by atoms with Gasteiger partial charge in [0.05, 0.1) is 16.6 Å². The second-order valence-electron chi connectivity index (χ2n) is 7.79. The van der Waals surface area contributed by atoms with Gasteiger partial charge in [0.2, 0.25) is 11.8 Å². The number of hydrogen-bond donors (Lipinski definition) is 1. The summed E-state index contributed by atoms with van der Waals surface area (Å²) in [6.45, 7) is 2.06. The highest BCUT2D eigenvalue weighted by molar-refractivity contribution is 8.00. The number of nitrogens with zero attached hydrogens (tertiary/aromatic N) is 2. The predicted octanol–water partition coefficient (Wildman–Crippen LogP) is 5.65. The number of aliphatic imine (C=N–C) groups is 1. The van der Waals surface area contributed by atoms with E-state index in [9.17, 15) is 9.59 Å². The molecule has 0 bridgehead atoms. The lowest BCUT2D eigenvalue weighted by atomic mass is 10.2. The summed E-state index contributed by atoms with van der Waals surface area (Å²) in [5.41, 5.74) is 4.61. The molecule has 3 aromatic carbocycles. The van der Waals surface area contributed by atoms with Crippen molar-refractivity contribution in [3.63, 3.8) is 0 Å². The molecule has 158 valence electrons. The summed E-state index contributed by atoms with van der Waals surface area (Å²) < 4.78 is 0. The monoisotopic (exact) mass is 439 g/mol. The molecule has 2 heterocycles. The summed E-state index contributed by atoms with van der Waals surface area (Å²) in [6, 6.07) is 23.4. The van der Waals surface area contributed by atoms with Crippen molar-refractivity contribution >= 4 is 52.1 Å². The van der Waals surface area contributed by atoms with Gasteiger partial charge in [-0.05, 0) is 60.3 Å². The van der Waals surface area contributed by atoms with Crippen LogP contribution in [-0.2, 0) is 9.59 Å². The zero-order valence-corrected chi connectivity index (χ0v) is 18.3. The van der Waals surface area contributed by atoms with E-state index in [4.69, 9.17) is 0 Å². The lowest BCUT2D eigenvalue weighted by Crippen LogP contribution is -2.31. The fourth-order valence-corrected chi connectivity index (χ4v) is 4.77. The second-order valence-corrected chi connectivity index (χ2v) is 9.07. The minimum absolute atomic E-state index is 0.169. The maximum absolute atomic E-state index is 13.0. The normalized spacial score (nSPS) is 16.5. The van der Waals surface area contributed by atoms with Crippen LogP contribution >= 0.6 is 11.8 Å². The van der Waals surface area contributed by atoms with Crippen molar-refractivity contribution in [2.75, 3.05) is 4.90 Å². The second kappa shape index (κ2) is 8.48. The van der Waals surface area contributed by atoms with E-state index in [-0.39, 0.29) is 18.2 Å². The number of rotatable bonds is 5. The van der Waals surface area contributed by atoms with E-state index < -0.39 is 5.25 Å². The molecular weight excluding hydrogens is 418 g/mol. The van der Waals surface area contributed by atoms with Crippen LogP contribution in [0, 0.1) is 6.92 Å². The van der Waals surface area contributed by atoms with Gasteiger partial charge in [0.1, 0.15) is 0 Å². The molecule has 6 heteroatoms. The Bertz CT molecular complexity index is 1320. The van der Waals surface area contributed by atoms with Crippen molar-refractivity contribution in [1.82, 2.24) is 4.98 Å². The molecule has 1 aromatic heterocycles. The molecule has 0 aliphatic carbocycles. The van der Waals surface area contributed by atoms with Gasteiger partial charge < -0.3 is 4.98 Å². The number of aromatic amines is 1. The fraction of sp³-hybridized carbons (Fsp3) is 0.115. The number of nitrogens with one attached hydrogen (secondary N) is 1. The summed E-state index contributed by atoms with van der Waals surface area (Å²) in [7, 11) is 0. The smallest absolute Gasteiger partial charge is 0.247 e. The first kappa shape index (κ1) is 20.3. The van der Waals surface area contributed by atoms with Gasteiger partial charge in [-0.2, -0.15) is 0 Å². The third-order valence-electron chi connectivity index (χ3n) is 5.46. The molecule has 0 saturated carbocycles. The van der Waals surface area contributed by atoms with Crippen LogP contribution in [0.1, 0.15) is 17.5 Å². The number of H-pyrrole nitrogens is 1. The molecule has 32 heavy (non-hydrogen) atoms. The molecule has 5 rings (SSSR count). The lowest BCUT2D eigenvalue weighted by molar-refractivity contribution is -0.121. The summed E-state index contributed by atoms with van der Waals surface area (Å²) in [4.78, 5) is 35.5. The minimum atomic E-state index is -0.427. The van der Waals surface area contributed by atoms with Gasteiger partial charge in [0.15, 0.2) is 0 Å². The van der Waals surface area contributed by atoms with E-state index in [0.717, 1.165) is 27.0 Å². The van der Waals surface area contributed by atoms with E-state index in [1.54, 1.807) is 0 Å². The van der Waals surface area contributed by atoms with Crippen LogP contribution in [0.4, 0.5) is 11.4 Å². The maximum atomic E-state index is 13.0. The number of thioether (sulfide) groups is 1. The molecule has 5 nitrogen and oxygen atoms in total. The fourth-order valence-electron chi connectivity index (χ4n) is 3.72. The van der Waals surface area contributed by atoms with Crippen LogP contribution in [0.3, 0.4) is 0 Å². The van der Waals surface area contributed by atoms with Gasteiger partial charge in [-0.25, -0.2) is 4.90 Å². The van der Waals surface area contributed by atoms with Crippen molar-refractivity contribution in [2.24, 2.45) is 4.99 Å². The number of imide groups is 1. The Labute approximate surface area is 190 Å². The van der Waals surface area contributed by atoms with E-state index in [1.165, 1.54) is 22.2 Å². The van der Waals surface area contributed by atoms with Gasteiger partial charge in [-0.3, -0.25) is 14.6 Å². The van der Waals surface area contributed by atoms with E-state index in [2.05, 4.69) is 29.0 Å². The van der Waals surface area contributed by atoms with Crippen LogP contribution in [0.5, 0.6) is 0 Å². The summed E-state index contributed by atoms with van der Waals surface area (Å²) in [5.74, 6) is -0.343. The Balaban J connectivity index is 1.27. The largest absolute Gasteiger partial charge is 0.361 e. The first-order valence-electron chi connectivity index (χ1n) is 10.4. The molecule has 1 fully saturated rings. The van der Waals surface area contributed by atoms with Crippen LogP contribution in [0.15, 0.2) is 88.9 Å². The van der Waals surface area contributed by atoms with Gasteiger partial charge in [-0.1, -0.05) is 35.9 Å². The minimum Gasteiger partial charge on any atom is -0.361 e. The third kappa shape index (κ3) is 4.09. The number of benzene rings is 3. The van der Waals surface area contributed by atoms with E-state index in [0.29, 0.717) is 5.69 Å². The number of amides is 2. The topological polar surface area (TPSA) is 65.5 Å². The zero-order chi connectivity index (χ0) is 22.1. The third-order valence-corrected chi connectivity index (χ3v) is 6.65. The number of fused-ring (bicyclic) bond motifs is 1. The molecule has 0 radical (unpaired) electrons. The van der Waals surface area contributed by atoms with Gasteiger partial charge in [-0.15, -0.1) is 11.8 Å². The Kier molecular flexibility index (Phi) is 5.37. The number of carbonyl (C=O) groups is 2. The van der Waals surface area contributed by atoms with Gasteiger partial charge in [0.25, 0.3) is 0 Å². The molecule has 1 aliphatic rings. The van der Waals surface area contributed by atoms with E-state index in [1.807, 2.05) is 73.1 Å². The number of carbonyl (C=O) groups excluding carboxylic acids is 2. The Morgan fingerprint density at radius 1 is 1.00 bits per heavy atom.